The lowest BCUT2D eigenvalue weighted by Gasteiger charge is -2.29. The van der Waals surface area contributed by atoms with E-state index in [0.29, 0.717) is 16.5 Å². The van der Waals surface area contributed by atoms with Crippen molar-refractivity contribution in [1.82, 2.24) is 14.9 Å². The number of nitrogens with zero attached hydrogens (tertiary/aromatic N) is 3. The highest BCUT2D eigenvalue weighted by Crippen LogP contribution is 2.17. The summed E-state index contributed by atoms with van der Waals surface area (Å²) in [6.07, 6.45) is 3.48. The highest BCUT2D eigenvalue weighted by atomic mass is 35.5. The van der Waals surface area contributed by atoms with Gasteiger partial charge >= 0.3 is 0 Å². The minimum Gasteiger partial charge on any atom is -0.368 e. The Hall–Kier alpha value is -1.76. The average molecular weight is 356 g/mol. The van der Waals surface area contributed by atoms with Gasteiger partial charge in [-0.1, -0.05) is 11.6 Å². The highest BCUT2D eigenvalue weighted by molar-refractivity contribution is 6.31. The van der Waals surface area contributed by atoms with Crippen molar-refractivity contribution in [2.24, 2.45) is 7.05 Å². The van der Waals surface area contributed by atoms with Crippen molar-refractivity contribution in [3.63, 3.8) is 0 Å². The second-order valence-corrected chi connectivity index (χ2v) is 5.68. The van der Waals surface area contributed by atoms with Crippen LogP contribution in [-0.2, 0) is 7.05 Å². The molecule has 0 unspecified atom stereocenters. The van der Waals surface area contributed by atoms with Gasteiger partial charge in [0.25, 0.3) is 5.91 Å². The molecule has 0 radical (unpaired) electrons. The standard InChI is InChI=1S/C15H18ClN5O.ClH/c1-20-10-11(16)8-13(20)15(22)19-14-3-2-12(9-18-14)21-6-4-17-5-7-21;/h2-3,8-10,17H,4-7H2,1H3,(H,18,19,22);1H. The molecular formula is C15H19Cl2N5O. The van der Waals surface area contributed by atoms with Crippen LogP contribution in [0.5, 0.6) is 0 Å². The summed E-state index contributed by atoms with van der Waals surface area (Å²) in [6.45, 7) is 3.89. The molecule has 0 spiro atoms. The van der Waals surface area contributed by atoms with E-state index in [1.54, 1.807) is 30.1 Å². The molecule has 23 heavy (non-hydrogen) atoms. The van der Waals surface area contributed by atoms with Crippen molar-refractivity contribution < 1.29 is 4.79 Å². The Balaban J connectivity index is 0.00000192. The van der Waals surface area contributed by atoms with E-state index in [4.69, 9.17) is 11.6 Å². The summed E-state index contributed by atoms with van der Waals surface area (Å²) in [7, 11) is 1.78. The van der Waals surface area contributed by atoms with Gasteiger partial charge in [-0.15, -0.1) is 12.4 Å². The van der Waals surface area contributed by atoms with E-state index in [1.165, 1.54) is 0 Å². The smallest absolute Gasteiger partial charge is 0.273 e. The Morgan fingerprint density at radius 3 is 2.65 bits per heavy atom. The van der Waals surface area contributed by atoms with Gasteiger partial charge in [0.15, 0.2) is 0 Å². The Morgan fingerprint density at radius 2 is 2.09 bits per heavy atom. The van der Waals surface area contributed by atoms with Gasteiger partial charge in [-0.2, -0.15) is 0 Å². The molecule has 2 aromatic heterocycles. The summed E-state index contributed by atoms with van der Waals surface area (Å²) in [4.78, 5) is 18.8. The van der Waals surface area contributed by atoms with Crippen molar-refractivity contribution in [2.75, 3.05) is 36.4 Å². The molecule has 8 heteroatoms. The minimum absolute atomic E-state index is 0. The number of aromatic nitrogens is 2. The molecule has 3 rings (SSSR count). The van der Waals surface area contributed by atoms with Crippen molar-refractivity contribution >= 4 is 41.4 Å². The Labute approximate surface area is 146 Å². The Kier molecular flexibility index (Phi) is 5.87. The number of pyridine rings is 1. The van der Waals surface area contributed by atoms with Crippen molar-refractivity contribution in [1.29, 1.82) is 0 Å². The van der Waals surface area contributed by atoms with Crippen LogP contribution < -0.4 is 15.5 Å². The zero-order valence-electron chi connectivity index (χ0n) is 12.8. The van der Waals surface area contributed by atoms with Crippen LogP contribution in [0.15, 0.2) is 30.6 Å². The molecule has 3 heterocycles. The number of carbonyl (C=O) groups excluding carboxylic acids is 1. The predicted molar refractivity (Wildman–Crippen MR) is 94.9 cm³/mol. The van der Waals surface area contributed by atoms with Crippen LogP contribution in [-0.4, -0.2) is 41.6 Å². The Bertz CT molecular complexity index is 665. The van der Waals surface area contributed by atoms with Crippen LogP contribution in [0.1, 0.15) is 10.5 Å². The second kappa shape index (κ2) is 7.68. The third kappa shape index (κ3) is 4.16. The molecule has 0 aliphatic carbocycles. The number of carbonyl (C=O) groups is 1. The van der Waals surface area contributed by atoms with Crippen LogP contribution in [0.3, 0.4) is 0 Å². The summed E-state index contributed by atoms with van der Waals surface area (Å²) < 4.78 is 1.69. The number of piperazine rings is 1. The maximum absolute atomic E-state index is 12.2. The maximum Gasteiger partial charge on any atom is 0.273 e. The molecule has 0 atom stereocenters. The molecule has 124 valence electrons. The van der Waals surface area contributed by atoms with E-state index < -0.39 is 0 Å². The van der Waals surface area contributed by atoms with Crippen molar-refractivity contribution in [2.45, 2.75) is 0 Å². The first-order chi connectivity index (χ1) is 10.6. The zero-order chi connectivity index (χ0) is 15.5. The highest BCUT2D eigenvalue weighted by Gasteiger charge is 2.13. The molecular weight excluding hydrogens is 337 g/mol. The number of amides is 1. The summed E-state index contributed by atoms with van der Waals surface area (Å²) in [5, 5.41) is 6.63. The SMILES string of the molecule is Cl.Cn1cc(Cl)cc1C(=O)Nc1ccc(N2CCNCC2)cn1. The normalized spacial score (nSPS) is 14.3. The predicted octanol–water partition coefficient (Wildman–Crippen LogP) is 2.16. The maximum atomic E-state index is 12.2. The minimum atomic E-state index is -0.225. The quantitative estimate of drug-likeness (QED) is 0.885. The lowest BCUT2D eigenvalue weighted by Crippen LogP contribution is -2.43. The topological polar surface area (TPSA) is 62.2 Å². The van der Waals surface area contributed by atoms with E-state index in [1.807, 2.05) is 12.1 Å². The molecule has 0 saturated carbocycles. The van der Waals surface area contributed by atoms with Gasteiger partial charge in [-0.25, -0.2) is 4.98 Å². The lowest BCUT2D eigenvalue weighted by molar-refractivity contribution is 0.101. The van der Waals surface area contributed by atoms with Gasteiger partial charge in [0, 0.05) is 39.4 Å². The van der Waals surface area contributed by atoms with Gasteiger partial charge in [-0.3, -0.25) is 4.79 Å². The molecule has 1 saturated heterocycles. The average Bonchev–Trinajstić information content (AvgIpc) is 2.88. The third-order valence-corrected chi connectivity index (χ3v) is 3.88. The van der Waals surface area contributed by atoms with Crippen LogP contribution >= 0.6 is 24.0 Å². The van der Waals surface area contributed by atoms with Gasteiger partial charge in [-0.05, 0) is 18.2 Å². The van der Waals surface area contributed by atoms with Gasteiger partial charge in [0.05, 0.1) is 16.9 Å². The van der Waals surface area contributed by atoms with E-state index >= 15 is 0 Å². The van der Waals surface area contributed by atoms with Gasteiger partial charge < -0.3 is 20.1 Å². The number of rotatable bonds is 3. The molecule has 2 N–H and O–H groups in total. The van der Waals surface area contributed by atoms with Crippen molar-refractivity contribution in [3.8, 4) is 0 Å². The fourth-order valence-electron chi connectivity index (χ4n) is 2.50. The Morgan fingerprint density at radius 1 is 1.35 bits per heavy atom. The molecule has 2 aromatic rings. The fraction of sp³-hybridized carbons (Fsp3) is 0.333. The number of halogens is 2. The second-order valence-electron chi connectivity index (χ2n) is 5.25. The zero-order valence-corrected chi connectivity index (χ0v) is 14.3. The van der Waals surface area contributed by atoms with Crippen LogP contribution in [0.4, 0.5) is 11.5 Å². The third-order valence-electron chi connectivity index (χ3n) is 3.68. The molecule has 1 aliphatic heterocycles. The first-order valence-corrected chi connectivity index (χ1v) is 7.56. The molecule has 6 nitrogen and oxygen atoms in total. The molecule has 0 aromatic carbocycles. The van der Waals surface area contributed by atoms with E-state index in [0.717, 1.165) is 31.9 Å². The molecule has 0 bridgehead atoms. The molecule has 1 fully saturated rings. The number of nitrogens with one attached hydrogen (secondary N) is 2. The number of anilines is 2. The monoisotopic (exact) mass is 355 g/mol. The number of aryl methyl sites for hydroxylation is 1. The number of hydrogen-bond acceptors (Lipinski definition) is 4. The van der Waals surface area contributed by atoms with Crippen LogP contribution in [0.25, 0.3) is 0 Å². The lowest BCUT2D eigenvalue weighted by atomic mass is 10.3. The van der Waals surface area contributed by atoms with Gasteiger partial charge in [0.1, 0.15) is 11.5 Å². The van der Waals surface area contributed by atoms with Crippen LogP contribution in [0.2, 0.25) is 5.02 Å². The largest absolute Gasteiger partial charge is 0.368 e. The first-order valence-electron chi connectivity index (χ1n) is 7.18. The van der Waals surface area contributed by atoms with Crippen molar-refractivity contribution in [3.05, 3.63) is 41.3 Å². The molecule has 1 aliphatic rings. The summed E-state index contributed by atoms with van der Waals surface area (Å²) in [5.74, 6) is 0.304. The molecule has 1 amide bonds. The van der Waals surface area contributed by atoms with E-state index in [2.05, 4.69) is 20.5 Å². The first kappa shape index (κ1) is 17.6. The fourth-order valence-corrected chi connectivity index (χ4v) is 2.75. The summed E-state index contributed by atoms with van der Waals surface area (Å²) in [5.41, 5.74) is 1.57. The summed E-state index contributed by atoms with van der Waals surface area (Å²) >= 11 is 5.89. The number of hydrogen-bond donors (Lipinski definition) is 2. The van der Waals surface area contributed by atoms with Gasteiger partial charge in [0.2, 0.25) is 0 Å². The van der Waals surface area contributed by atoms with E-state index in [9.17, 15) is 4.79 Å². The van der Waals surface area contributed by atoms with E-state index in [-0.39, 0.29) is 18.3 Å². The summed E-state index contributed by atoms with van der Waals surface area (Å²) in [6, 6.07) is 5.43. The van der Waals surface area contributed by atoms with Crippen LogP contribution in [0, 0.1) is 0 Å².